The van der Waals surface area contributed by atoms with Gasteiger partial charge in [0.05, 0.1) is 11.5 Å². The summed E-state index contributed by atoms with van der Waals surface area (Å²) in [6.45, 7) is 3.99. The van der Waals surface area contributed by atoms with Crippen LogP contribution < -0.4 is 0 Å². The first-order chi connectivity index (χ1) is 7.93. The molecule has 0 amide bonds. The molecule has 0 aromatic heterocycles. The Hall–Kier alpha value is -0.980. The monoisotopic (exact) mass is 259 g/mol. The van der Waals surface area contributed by atoms with Gasteiger partial charge in [0.15, 0.2) is 0 Å². The Morgan fingerprint density at radius 3 is 2.71 bits per heavy atom. The fraction of sp³-hybridized carbons (Fsp3) is 0.455. The van der Waals surface area contributed by atoms with Crippen LogP contribution in [0.2, 0.25) is 0 Å². The molecule has 4 nitrogen and oxygen atoms in total. The maximum absolute atomic E-state index is 13.0. The Labute approximate surface area is 100 Å². The number of halogens is 1. The maximum atomic E-state index is 13.0. The Morgan fingerprint density at radius 1 is 1.47 bits per heavy atom. The lowest BCUT2D eigenvalue weighted by Crippen LogP contribution is -2.34. The molecule has 0 bridgehead atoms. The zero-order chi connectivity index (χ0) is 12.6. The second-order valence-electron chi connectivity index (χ2n) is 4.00. The lowest BCUT2D eigenvalue weighted by molar-refractivity contribution is 0.0846. The summed E-state index contributed by atoms with van der Waals surface area (Å²) in [6.07, 6.45) is -0.468. The van der Waals surface area contributed by atoms with Gasteiger partial charge in [0.1, 0.15) is 12.0 Å². The van der Waals surface area contributed by atoms with E-state index in [4.69, 9.17) is 4.74 Å². The quantitative estimate of drug-likeness (QED) is 0.808. The zero-order valence-electron chi connectivity index (χ0n) is 9.68. The third kappa shape index (κ3) is 2.20. The summed E-state index contributed by atoms with van der Waals surface area (Å²) in [5.74, 6) is -0.438. The summed E-state index contributed by atoms with van der Waals surface area (Å²) in [5, 5.41) is 0. The highest BCUT2D eigenvalue weighted by Crippen LogP contribution is 2.24. The summed E-state index contributed by atoms with van der Waals surface area (Å²) in [5.41, 5.74) is 0.407. The van der Waals surface area contributed by atoms with Gasteiger partial charge in [-0.2, -0.15) is 4.31 Å². The van der Waals surface area contributed by atoms with Gasteiger partial charge < -0.3 is 4.74 Å². The third-order valence-electron chi connectivity index (χ3n) is 2.80. The van der Waals surface area contributed by atoms with Gasteiger partial charge in [-0.25, -0.2) is 12.8 Å². The van der Waals surface area contributed by atoms with Crippen LogP contribution >= 0.6 is 0 Å². The van der Waals surface area contributed by atoms with Gasteiger partial charge >= 0.3 is 0 Å². The van der Waals surface area contributed by atoms with Crippen LogP contribution in [0.3, 0.4) is 0 Å². The van der Waals surface area contributed by atoms with E-state index in [9.17, 15) is 12.8 Å². The first kappa shape index (κ1) is 12.5. The van der Waals surface area contributed by atoms with Crippen molar-refractivity contribution < 1.29 is 17.5 Å². The normalized spacial score (nSPS) is 21.9. The first-order valence-corrected chi connectivity index (χ1v) is 6.76. The average molecular weight is 259 g/mol. The molecule has 1 atom stereocenters. The number of hydrogen-bond acceptors (Lipinski definition) is 3. The molecule has 1 aromatic carbocycles. The summed E-state index contributed by atoms with van der Waals surface area (Å²) in [4.78, 5) is 0.135. The number of benzene rings is 1. The van der Waals surface area contributed by atoms with Crippen molar-refractivity contribution in [3.05, 3.63) is 29.6 Å². The van der Waals surface area contributed by atoms with E-state index >= 15 is 0 Å². The van der Waals surface area contributed by atoms with Crippen molar-refractivity contribution in [2.75, 3.05) is 13.2 Å². The van der Waals surface area contributed by atoms with Crippen LogP contribution in [0.15, 0.2) is 23.1 Å². The summed E-state index contributed by atoms with van der Waals surface area (Å²) in [6, 6.07) is 3.67. The molecule has 0 saturated carbocycles. The number of nitrogens with zero attached hydrogens (tertiary/aromatic N) is 1. The van der Waals surface area contributed by atoms with Crippen LogP contribution in [0.5, 0.6) is 0 Å². The van der Waals surface area contributed by atoms with Crippen LogP contribution in [-0.2, 0) is 14.8 Å². The molecule has 0 N–H and O–H groups in total. The number of hydrogen-bond donors (Lipinski definition) is 0. The highest BCUT2D eigenvalue weighted by atomic mass is 32.2. The molecule has 0 radical (unpaired) electrons. The standard InChI is InChI=1S/C11H14FNO3S/c1-8-7-10(12)3-4-11(8)17(14,15)13-5-6-16-9(13)2/h3-4,7,9H,5-6H2,1-2H3. The third-order valence-corrected chi connectivity index (χ3v) is 4.91. The second kappa shape index (κ2) is 4.36. The molecule has 2 rings (SSSR count). The van der Waals surface area contributed by atoms with Crippen molar-refractivity contribution in [2.45, 2.75) is 25.0 Å². The lowest BCUT2D eigenvalue weighted by atomic mass is 10.2. The Kier molecular flexibility index (Phi) is 3.20. The van der Waals surface area contributed by atoms with Crippen LogP contribution in [0.25, 0.3) is 0 Å². The van der Waals surface area contributed by atoms with Crippen LogP contribution in [-0.4, -0.2) is 32.1 Å². The van der Waals surface area contributed by atoms with E-state index < -0.39 is 22.1 Å². The van der Waals surface area contributed by atoms with Crippen molar-refractivity contribution in [1.82, 2.24) is 4.31 Å². The maximum Gasteiger partial charge on any atom is 0.245 e. The fourth-order valence-corrected chi connectivity index (χ4v) is 3.65. The summed E-state index contributed by atoms with van der Waals surface area (Å²) < 4.78 is 44.1. The molecule has 1 aliphatic heterocycles. The Balaban J connectivity index is 2.44. The fourth-order valence-electron chi connectivity index (χ4n) is 1.92. The van der Waals surface area contributed by atoms with Crippen molar-refractivity contribution >= 4 is 10.0 Å². The highest BCUT2D eigenvalue weighted by molar-refractivity contribution is 7.89. The molecule has 17 heavy (non-hydrogen) atoms. The molecule has 6 heteroatoms. The molecule has 94 valence electrons. The number of aryl methyl sites for hydroxylation is 1. The molecule has 1 saturated heterocycles. The average Bonchev–Trinajstić information content (AvgIpc) is 2.64. The molecular formula is C11H14FNO3S. The predicted molar refractivity (Wildman–Crippen MR) is 60.4 cm³/mol. The molecule has 0 spiro atoms. The number of sulfonamides is 1. The SMILES string of the molecule is Cc1cc(F)ccc1S(=O)(=O)N1CCOC1C. The smallest absolute Gasteiger partial charge is 0.245 e. The van der Waals surface area contributed by atoms with Gasteiger partial charge in [-0.3, -0.25) is 0 Å². The minimum absolute atomic E-state index is 0.135. The van der Waals surface area contributed by atoms with Crippen molar-refractivity contribution in [1.29, 1.82) is 0 Å². The largest absolute Gasteiger partial charge is 0.361 e. The minimum atomic E-state index is -3.59. The Morgan fingerprint density at radius 2 is 2.18 bits per heavy atom. The van der Waals surface area contributed by atoms with Crippen LogP contribution in [0.4, 0.5) is 4.39 Å². The molecule has 1 unspecified atom stereocenters. The van der Waals surface area contributed by atoms with E-state index in [-0.39, 0.29) is 4.90 Å². The highest BCUT2D eigenvalue weighted by Gasteiger charge is 2.34. The van der Waals surface area contributed by atoms with Crippen molar-refractivity contribution in [3.8, 4) is 0 Å². The first-order valence-electron chi connectivity index (χ1n) is 5.32. The van der Waals surface area contributed by atoms with E-state index in [1.165, 1.54) is 16.4 Å². The van der Waals surface area contributed by atoms with Crippen LogP contribution in [0.1, 0.15) is 12.5 Å². The second-order valence-corrected chi connectivity index (χ2v) is 5.85. The number of rotatable bonds is 2. The van der Waals surface area contributed by atoms with Gasteiger partial charge in [-0.05, 0) is 37.6 Å². The molecule has 1 fully saturated rings. The van der Waals surface area contributed by atoms with Crippen LogP contribution in [0, 0.1) is 12.7 Å². The Bertz CT molecular complexity index is 530. The lowest BCUT2D eigenvalue weighted by Gasteiger charge is -2.20. The molecule has 1 aliphatic rings. The molecular weight excluding hydrogens is 245 g/mol. The topological polar surface area (TPSA) is 46.6 Å². The zero-order valence-corrected chi connectivity index (χ0v) is 10.5. The van der Waals surface area contributed by atoms with Crippen molar-refractivity contribution in [2.24, 2.45) is 0 Å². The summed E-state index contributed by atoms with van der Waals surface area (Å²) >= 11 is 0. The van der Waals surface area contributed by atoms with Gasteiger partial charge in [-0.15, -0.1) is 0 Å². The predicted octanol–water partition coefficient (Wildman–Crippen LogP) is 1.50. The van der Waals surface area contributed by atoms with Gasteiger partial charge in [-0.1, -0.05) is 0 Å². The van der Waals surface area contributed by atoms with E-state index in [1.54, 1.807) is 13.8 Å². The van der Waals surface area contributed by atoms with E-state index in [1.807, 2.05) is 0 Å². The van der Waals surface area contributed by atoms with Gasteiger partial charge in [0.25, 0.3) is 0 Å². The molecule has 1 aromatic rings. The van der Waals surface area contributed by atoms with Gasteiger partial charge in [0, 0.05) is 6.54 Å². The van der Waals surface area contributed by atoms with E-state index in [0.29, 0.717) is 18.7 Å². The van der Waals surface area contributed by atoms with E-state index in [2.05, 4.69) is 0 Å². The van der Waals surface area contributed by atoms with E-state index in [0.717, 1.165) is 6.07 Å². The molecule has 0 aliphatic carbocycles. The summed E-state index contributed by atoms with van der Waals surface area (Å²) in [7, 11) is -3.59. The van der Waals surface area contributed by atoms with Gasteiger partial charge in [0.2, 0.25) is 10.0 Å². The van der Waals surface area contributed by atoms with Crippen molar-refractivity contribution in [3.63, 3.8) is 0 Å². The molecule has 1 heterocycles. The number of ether oxygens (including phenoxy) is 1. The minimum Gasteiger partial charge on any atom is -0.361 e.